The molecule has 2 atom stereocenters. The van der Waals surface area contributed by atoms with Crippen LogP contribution in [-0.4, -0.2) is 12.2 Å². The number of rotatable bonds is 12. The summed E-state index contributed by atoms with van der Waals surface area (Å²) in [7, 11) is 0. The molecule has 19 heavy (non-hydrogen) atoms. The lowest BCUT2D eigenvalue weighted by atomic mass is 10.1. The molecule has 1 heteroatoms. The highest BCUT2D eigenvalue weighted by Crippen LogP contribution is 2.29. The van der Waals surface area contributed by atoms with Crippen LogP contribution in [0.3, 0.4) is 0 Å². The molecule has 0 aromatic heterocycles. The Kier molecular flexibility index (Phi) is 9.79. The molecular weight excluding hydrogens is 232 g/mol. The van der Waals surface area contributed by atoms with Crippen molar-refractivity contribution in [3.05, 3.63) is 24.3 Å². The van der Waals surface area contributed by atoms with Gasteiger partial charge in [-0.2, -0.15) is 0 Å². The molecule has 1 nitrogen and oxygen atoms in total. The van der Waals surface area contributed by atoms with E-state index in [4.69, 9.17) is 4.74 Å². The van der Waals surface area contributed by atoms with Crippen molar-refractivity contribution in [3.8, 4) is 0 Å². The lowest BCUT2D eigenvalue weighted by molar-refractivity contribution is 0.372. The van der Waals surface area contributed by atoms with Gasteiger partial charge in [0.25, 0.3) is 0 Å². The maximum Gasteiger partial charge on any atom is 0.0879 e. The summed E-state index contributed by atoms with van der Waals surface area (Å²) in [5.41, 5.74) is 0. The highest BCUT2D eigenvalue weighted by molar-refractivity contribution is 4.97. The van der Waals surface area contributed by atoms with Crippen molar-refractivity contribution in [3.63, 3.8) is 0 Å². The van der Waals surface area contributed by atoms with Crippen molar-refractivity contribution in [2.45, 2.75) is 90.3 Å². The fourth-order valence-electron chi connectivity index (χ4n) is 2.38. The largest absolute Gasteiger partial charge is 0.369 e. The molecule has 0 aromatic carbocycles. The second-order valence-electron chi connectivity index (χ2n) is 5.59. The first kappa shape index (κ1) is 16.5. The first-order valence-electron chi connectivity index (χ1n) is 8.34. The number of epoxide rings is 1. The van der Waals surface area contributed by atoms with Crippen molar-refractivity contribution in [2.75, 3.05) is 0 Å². The van der Waals surface area contributed by atoms with Gasteiger partial charge in [-0.25, -0.2) is 0 Å². The van der Waals surface area contributed by atoms with Crippen molar-refractivity contribution in [1.82, 2.24) is 0 Å². The third-order valence-corrected chi connectivity index (χ3v) is 3.72. The number of unbranched alkanes of at least 4 members (excludes halogenated alkanes) is 6. The van der Waals surface area contributed by atoms with Gasteiger partial charge >= 0.3 is 0 Å². The molecule has 0 aliphatic carbocycles. The third-order valence-electron chi connectivity index (χ3n) is 3.72. The Balaban J connectivity index is 1.85. The fraction of sp³-hybridized carbons (Fsp3) is 0.778. The Bertz CT molecular complexity index is 254. The fourth-order valence-corrected chi connectivity index (χ4v) is 2.38. The second-order valence-corrected chi connectivity index (χ2v) is 5.59. The van der Waals surface area contributed by atoms with Gasteiger partial charge in [-0.15, -0.1) is 0 Å². The van der Waals surface area contributed by atoms with Crippen LogP contribution in [0, 0.1) is 0 Å². The summed E-state index contributed by atoms with van der Waals surface area (Å²) in [5, 5.41) is 0. The lowest BCUT2D eigenvalue weighted by Gasteiger charge is -1.97. The van der Waals surface area contributed by atoms with Crippen LogP contribution >= 0.6 is 0 Å². The molecule has 0 amide bonds. The van der Waals surface area contributed by atoms with Gasteiger partial charge in [-0.1, -0.05) is 70.3 Å². The van der Waals surface area contributed by atoms with Gasteiger partial charge in [-0.3, -0.25) is 0 Å². The summed E-state index contributed by atoms with van der Waals surface area (Å²) in [5.74, 6) is 0. The molecule has 1 saturated heterocycles. The monoisotopic (exact) mass is 264 g/mol. The molecule has 0 aromatic rings. The van der Waals surface area contributed by atoms with E-state index in [1.807, 2.05) is 0 Å². The molecule has 0 saturated carbocycles. The first-order valence-corrected chi connectivity index (χ1v) is 8.34. The van der Waals surface area contributed by atoms with E-state index in [0.717, 1.165) is 19.3 Å². The molecule has 1 fully saturated rings. The quantitative estimate of drug-likeness (QED) is 0.246. The lowest BCUT2D eigenvalue weighted by Crippen LogP contribution is -1.90. The second kappa shape index (κ2) is 11.3. The van der Waals surface area contributed by atoms with Gasteiger partial charge in [-0.05, 0) is 32.1 Å². The van der Waals surface area contributed by atoms with Crippen molar-refractivity contribution >= 4 is 0 Å². The van der Waals surface area contributed by atoms with Crippen LogP contribution in [-0.2, 0) is 4.74 Å². The van der Waals surface area contributed by atoms with E-state index in [1.54, 1.807) is 0 Å². The van der Waals surface area contributed by atoms with E-state index in [9.17, 15) is 0 Å². The molecule has 0 unspecified atom stereocenters. The number of allylic oxidation sites excluding steroid dienone is 2. The van der Waals surface area contributed by atoms with E-state index in [-0.39, 0.29) is 0 Å². The van der Waals surface area contributed by atoms with Gasteiger partial charge in [0.15, 0.2) is 0 Å². The van der Waals surface area contributed by atoms with Crippen molar-refractivity contribution in [1.29, 1.82) is 0 Å². The van der Waals surface area contributed by atoms with E-state index >= 15 is 0 Å². The standard InChI is InChI=1S/C18H32O/c1-3-5-7-8-9-10-11-12-14-16-18-17(19-18)15-13-6-4-2/h6,12-14,17-18H,3-5,7-11,15-16H2,1-2H3/b13-6-,14-12-/t17-,18+/m0/s1. The molecule has 0 bridgehead atoms. The molecular formula is C18H32O. The molecule has 1 aliphatic heterocycles. The van der Waals surface area contributed by atoms with Crippen LogP contribution < -0.4 is 0 Å². The Morgan fingerprint density at radius 2 is 1.37 bits per heavy atom. The minimum atomic E-state index is 0.501. The van der Waals surface area contributed by atoms with E-state index in [1.165, 1.54) is 44.9 Å². The Hall–Kier alpha value is -0.560. The zero-order valence-corrected chi connectivity index (χ0v) is 12.9. The van der Waals surface area contributed by atoms with Crippen LogP contribution in [0.4, 0.5) is 0 Å². The van der Waals surface area contributed by atoms with Gasteiger partial charge in [0, 0.05) is 0 Å². The first-order chi connectivity index (χ1) is 9.38. The number of hydrogen-bond donors (Lipinski definition) is 0. The average molecular weight is 264 g/mol. The van der Waals surface area contributed by atoms with Gasteiger partial charge < -0.3 is 4.74 Å². The van der Waals surface area contributed by atoms with Gasteiger partial charge in [0.05, 0.1) is 12.2 Å². The molecule has 1 aliphatic rings. The van der Waals surface area contributed by atoms with Gasteiger partial charge in [0.2, 0.25) is 0 Å². The van der Waals surface area contributed by atoms with Crippen LogP contribution in [0.25, 0.3) is 0 Å². The Morgan fingerprint density at radius 1 is 0.737 bits per heavy atom. The predicted octanol–water partition coefficient (Wildman–Crippen LogP) is 5.81. The predicted molar refractivity (Wildman–Crippen MR) is 84.5 cm³/mol. The Labute approximate surface area is 120 Å². The number of hydrogen-bond acceptors (Lipinski definition) is 1. The molecule has 0 N–H and O–H groups in total. The minimum absolute atomic E-state index is 0.501. The summed E-state index contributed by atoms with van der Waals surface area (Å²) >= 11 is 0. The van der Waals surface area contributed by atoms with Crippen LogP contribution in [0.15, 0.2) is 24.3 Å². The van der Waals surface area contributed by atoms with E-state index < -0.39 is 0 Å². The summed E-state index contributed by atoms with van der Waals surface area (Å²) in [6.45, 7) is 4.45. The summed E-state index contributed by atoms with van der Waals surface area (Å²) < 4.78 is 5.63. The topological polar surface area (TPSA) is 12.5 Å². The van der Waals surface area contributed by atoms with Crippen molar-refractivity contribution < 1.29 is 4.74 Å². The molecule has 0 spiro atoms. The van der Waals surface area contributed by atoms with Gasteiger partial charge in [0.1, 0.15) is 0 Å². The summed E-state index contributed by atoms with van der Waals surface area (Å²) in [6, 6.07) is 0. The van der Waals surface area contributed by atoms with E-state index in [2.05, 4.69) is 38.2 Å². The maximum atomic E-state index is 5.63. The zero-order chi connectivity index (χ0) is 13.8. The zero-order valence-electron chi connectivity index (χ0n) is 12.9. The molecule has 110 valence electrons. The summed E-state index contributed by atoms with van der Waals surface area (Å²) in [4.78, 5) is 0. The highest BCUT2D eigenvalue weighted by atomic mass is 16.6. The van der Waals surface area contributed by atoms with E-state index in [0.29, 0.717) is 12.2 Å². The smallest absolute Gasteiger partial charge is 0.0879 e. The normalized spacial score (nSPS) is 22.6. The minimum Gasteiger partial charge on any atom is -0.369 e. The highest BCUT2D eigenvalue weighted by Gasteiger charge is 2.35. The average Bonchev–Trinajstić information content (AvgIpc) is 3.16. The Morgan fingerprint density at radius 3 is 2.05 bits per heavy atom. The van der Waals surface area contributed by atoms with Crippen LogP contribution in [0.1, 0.15) is 78.1 Å². The molecule has 1 heterocycles. The van der Waals surface area contributed by atoms with Crippen LogP contribution in [0.5, 0.6) is 0 Å². The van der Waals surface area contributed by atoms with Crippen LogP contribution in [0.2, 0.25) is 0 Å². The SMILES string of the molecule is CC/C=C\C[C@@H]1O[C@@H]1C/C=C\CCCCCCCC. The number of ether oxygens (including phenoxy) is 1. The molecule has 1 rings (SSSR count). The maximum absolute atomic E-state index is 5.63. The summed E-state index contributed by atoms with van der Waals surface area (Å²) in [6.07, 6.45) is 23.1. The van der Waals surface area contributed by atoms with Crippen molar-refractivity contribution in [2.24, 2.45) is 0 Å². The molecule has 0 radical (unpaired) electrons. The third kappa shape index (κ3) is 9.04.